The quantitative estimate of drug-likeness (QED) is 0.654. The van der Waals surface area contributed by atoms with Crippen molar-refractivity contribution < 1.29 is 19.4 Å². The SMILES string of the molecule is COc1cccc(C(=O)N/N=C/c2ccc(C(=O)O)cc2)c1. The molecule has 22 heavy (non-hydrogen) atoms. The van der Waals surface area contributed by atoms with E-state index in [0.29, 0.717) is 16.9 Å². The van der Waals surface area contributed by atoms with Gasteiger partial charge < -0.3 is 9.84 Å². The highest BCUT2D eigenvalue weighted by Gasteiger charge is 2.05. The summed E-state index contributed by atoms with van der Waals surface area (Å²) >= 11 is 0. The largest absolute Gasteiger partial charge is 0.497 e. The first-order valence-corrected chi connectivity index (χ1v) is 6.41. The average molecular weight is 298 g/mol. The molecule has 0 spiro atoms. The topological polar surface area (TPSA) is 88.0 Å². The minimum Gasteiger partial charge on any atom is -0.497 e. The highest BCUT2D eigenvalue weighted by Crippen LogP contribution is 2.12. The van der Waals surface area contributed by atoms with Crippen molar-refractivity contribution in [3.63, 3.8) is 0 Å². The van der Waals surface area contributed by atoms with E-state index in [0.717, 1.165) is 0 Å². The zero-order chi connectivity index (χ0) is 15.9. The summed E-state index contributed by atoms with van der Waals surface area (Å²) in [5.41, 5.74) is 3.69. The van der Waals surface area contributed by atoms with Crippen LogP contribution in [0.5, 0.6) is 5.75 Å². The average Bonchev–Trinajstić information content (AvgIpc) is 2.55. The summed E-state index contributed by atoms with van der Waals surface area (Å²) in [6, 6.07) is 12.8. The number of hydrazone groups is 1. The normalized spacial score (nSPS) is 10.4. The Hall–Kier alpha value is -3.15. The predicted molar refractivity (Wildman–Crippen MR) is 81.5 cm³/mol. The first-order valence-electron chi connectivity index (χ1n) is 6.41. The van der Waals surface area contributed by atoms with Gasteiger partial charge in [0.15, 0.2) is 0 Å². The maximum absolute atomic E-state index is 11.9. The van der Waals surface area contributed by atoms with Crippen LogP contribution in [-0.4, -0.2) is 30.3 Å². The van der Waals surface area contributed by atoms with E-state index in [1.54, 1.807) is 36.4 Å². The molecule has 0 saturated heterocycles. The van der Waals surface area contributed by atoms with Gasteiger partial charge in [0, 0.05) is 5.56 Å². The molecule has 6 heteroatoms. The van der Waals surface area contributed by atoms with Crippen LogP contribution in [0.4, 0.5) is 0 Å². The number of methoxy groups -OCH3 is 1. The molecule has 6 nitrogen and oxygen atoms in total. The summed E-state index contributed by atoms with van der Waals surface area (Å²) in [5, 5.41) is 12.6. The number of carbonyl (C=O) groups is 2. The van der Waals surface area contributed by atoms with Crippen molar-refractivity contribution in [3.8, 4) is 5.75 Å². The number of nitrogens with zero attached hydrogens (tertiary/aromatic N) is 1. The second-order valence-electron chi connectivity index (χ2n) is 4.36. The third-order valence-electron chi connectivity index (χ3n) is 2.87. The number of hydrogen-bond acceptors (Lipinski definition) is 4. The molecule has 2 rings (SSSR count). The van der Waals surface area contributed by atoms with Crippen LogP contribution in [-0.2, 0) is 0 Å². The molecule has 0 radical (unpaired) electrons. The van der Waals surface area contributed by atoms with Crippen molar-refractivity contribution >= 4 is 18.1 Å². The van der Waals surface area contributed by atoms with Crippen LogP contribution in [0.2, 0.25) is 0 Å². The standard InChI is InChI=1S/C16H14N2O4/c1-22-14-4-2-3-13(9-14)15(19)18-17-10-11-5-7-12(8-6-11)16(20)21/h2-10H,1H3,(H,18,19)(H,20,21)/b17-10+. The van der Waals surface area contributed by atoms with Crippen LogP contribution in [0.25, 0.3) is 0 Å². The third-order valence-corrected chi connectivity index (χ3v) is 2.87. The lowest BCUT2D eigenvalue weighted by atomic mass is 10.1. The van der Waals surface area contributed by atoms with Crippen LogP contribution < -0.4 is 10.2 Å². The van der Waals surface area contributed by atoms with Gasteiger partial charge in [-0.2, -0.15) is 5.10 Å². The Morgan fingerprint density at radius 2 is 1.86 bits per heavy atom. The molecule has 0 fully saturated rings. The van der Waals surface area contributed by atoms with Gasteiger partial charge in [-0.15, -0.1) is 0 Å². The van der Waals surface area contributed by atoms with Crippen molar-refractivity contribution in [2.45, 2.75) is 0 Å². The molecule has 0 unspecified atom stereocenters. The molecule has 0 aliphatic heterocycles. The Labute approximate surface area is 127 Å². The molecule has 0 saturated carbocycles. The number of aromatic carboxylic acids is 1. The molecule has 2 aromatic carbocycles. The van der Waals surface area contributed by atoms with E-state index in [-0.39, 0.29) is 11.5 Å². The van der Waals surface area contributed by atoms with Crippen molar-refractivity contribution in [2.24, 2.45) is 5.10 Å². The van der Waals surface area contributed by atoms with Crippen molar-refractivity contribution in [1.82, 2.24) is 5.43 Å². The number of hydrogen-bond donors (Lipinski definition) is 2. The fourth-order valence-electron chi connectivity index (χ4n) is 1.71. The number of rotatable bonds is 5. The Morgan fingerprint density at radius 1 is 1.14 bits per heavy atom. The number of amides is 1. The molecule has 112 valence electrons. The Kier molecular flexibility index (Phi) is 4.87. The van der Waals surface area contributed by atoms with E-state index in [1.807, 2.05) is 0 Å². The fourth-order valence-corrected chi connectivity index (χ4v) is 1.71. The lowest BCUT2D eigenvalue weighted by Crippen LogP contribution is -2.17. The first-order chi connectivity index (χ1) is 10.6. The minimum atomic E-state index is -0.991. The Balaban J connectivity index is 1.99. The molecule has 2 aromatic rings. The molecular weight excluding hydrogens is 284 g/mol. The van der Waals surface area contributed by atoms with E-state index in [9.17, 15) is 9.59 Å². The van der Waals surface area contributed by atoms with Gasteiger partial charge in [-0.05, 0) is 35.9 Å². The van der Waals surface area contributed by atoms with Crippen LogP contribution in [0.3, 0.4) is 0 Å². The lowest BCUT2D eigenvalue weighted by Gasteiger charge is -2.03. The molecule has 0 aromatic heterocycles. The number of carboxylic acids is 1. The van der Waals surface area contributed by atoms with E-state index < -0.39 is 5.97 Å². The maximum atomic E-state index is 11.9. The predicted octanol–water partition coefficient (Wildman–Crippen LogP) is 2.16. The molecular formula is C16H14N2O4. The molecule has 1 amide bonds. The third kappa shape index (κ3) is 3.92. The van der Waals surface area contributed by atoms with Gasteiger partial charge in [0.2, 0.25) is 0 Å². The van der Waals surface area contributed by atoms with Crippen LogP contribution >= 0.6 is 0 Å². The molecule has 0 aliphatic rings. The van der Waals surface area contributed by atoms with Crippen LogP contribution in [0.1, 0.15) is 26.3 Å². The van der Waals surface area contributed by atoms with Gasteiger partial charge in [0.05, 0.1) is 18.9 Å². The van der Waals surface area contributed by atoms with Crippen LogP contribution in [0, 0.1) is 0 Å². The zero-order valence-corrected chi connectivity index (χ0v) is 11.8. The second kappa shape index (κ2) is 7.03. The van der Waals surface area contributed by atoms with E-state index in [4.69, 9.17) is 9.84 Å². The number of carbonyl (C=O) groups excluding carboxylic acids is 1. The summed E-state index contributed by atoms with van der Waals surface area (Å²) in [6.07, 6.45) is 1.43. The van der Waals surface area contributed by atoms with E-state index >= 15 is 0 Å². The van der Waals surface area contributed by atoms with Gasteiger partial charge in [-0.25, -0.2) is 10.2 Å². The zero-order valence-electron chi connectivity index (χ0n) is 11.8. The maximum Gasteiger partial charge on any atom is 0.335 e. The summed E-state index contributed by atoms with van der Waals surface area (Å²) in [5.74, 6) is -0.770. The lowest BCUT2D eigenvalue weighted by molar-refractivity contribution is 0.0696. The van der Waals surface area contributed by atoms with Gasteiger partial charge in [-0.3, -0.25) is 4.79 Å². The van der Waals surface area contributed by atoms with E-state index in [2.05, 4.69) is 10.5 Å². The van der Waals surface area contributed by atoms with Gasteiger partial charge in [-0.1, -0.05) is 18.2 Å². The van der Waals surface area contributed by atoms with Crippen molar-refractivity contribution in [2.75, 3.05) is 7.11 Å². The van der Waals surface area contributed by atoms with Crippen LogP contribution in [0.15, 0.2) is 53.6 Å². The summed E-state index contributed by atoms with van der Waals surface area (Å²) in [4.78, 5) is 22.6. The molecule has 2 N–H and O–H groups in total. The molecule has 0 bridgehead atoms. The smallest absolute Gasteiger partial charge is 0.335 e. The highest BCUT2D eigenvalue weighted by atomic mass is 16.5. The number of benzene rings is 2. The summed E-state index contributed by atoms with van der Waals surface area (Å²) in [6.45, 7) is 0. The Morgan fingerprint density at radius 3 is 2.50 bits per heavy atom. The highest BCUT2D eigenvalue weighted by molar-refractivity contribution is 5.95. The fraction of sp³-hybridized carbons (Fsp3) is 0.0625. The molecule has 0 heterocycles. The number of ether oxygens (including phenoxy) is 1. The van der Waals surface area contributed by atoms with Crippen molar-refractivity contribution in [3.05, 3.63) is 65.2 Å². The Bertz CT molecular complexity index is 708. The van der Waals surface area contributed by atoms with Gasteiger partial charge in [0.1, 0.15) is 5.75 Å². The molecule has 0 atom stereocenters. The minimum absolute atomic E-state index is 0.192. The van der Waals surface area contributed by atoms with E-state index in [1.165, 1.54) is 25.5 Å². The summed E-state index contributed by atoms with van der Waals surface area (Å²) in [7, 11) is 1.52. The monoisotopic (exact) mass is 298 g/mol. The number of carboxylic acid groups (broad SMARTS) is 1. The van der Waals surface area contributed by atoms with Gasteiger partial charge >= 0.3 is 5.97 Å². The number of nitrogens with one attached hydrogen (secondary N) is 1. The molecule has 0 aliphatic carbocycles. The first kappa shape index (κ1) is 15.2. The van der Waals surface area contributed by atoms with Crippen molar-refractivity contribution in [1.29, 1.82) is 0 Å². The second-order valence-corrected chi connectivity index (χ2v) is 4.36. The summed E-state index contributed by atoms with van der Waals surface area (Å²) < 4.78 is 5.04. The van der Waals surface area contributed by atoms with Gasteiger partial charge in [0.25, 0.3) is 5.91 Å².